The van der Waals surface area contributed by atoms with Gasteiger partial charge in [0.25, 0.3) is 11.8 Å². The second-order valence-corrected chi connectivity index (χ2v) is 9.08. The first kappa shape index (κ1) is 20.4. The van der Waals surface area contributed by atoms with Gasteiger partial charge < -0.3 is 9.80 Å². The number of fused-ring (bicyclic) bond motifs is 1. The summed E-state index contributed by atoms with van der Waals surface area (Å²) in [6.07, 6.45) is 1.60. The number of carbonyl (C=O) groups excluding carboxylic acids is 3. The van der Waals surface area contributed by atoms with Crippen LogP contribution in [0.3, 0.4) is 0 Å². The molecule has 0 radical (unpaired) electrons. The van der Waals surface area contributed by atoms with Crippen molar-refractivity contribution in [1.29, 1.82) is 0 Å². The summed E-state index contributed by atoms with van der Waals surface area (Å²) in [5.41, 5.74) is 1.06. The number of hydrogen-bond donors (Lipinski definition) is 0. The van der Waals surface area contributed by atoms with Gasteiger partial charge >= 0.3 is 6.03 Å². The van der Waals surface area contributed by atoms with Gasteiger partial charge in [-0.25, -0.2) is 4.79 Å². The zero-order valence-corrected chi connectivity index (χ0v) is 17.7. The van der Waals surface area contributed by atoms with E-state index < -0.39 is 6.04 Å². The molecule has 154 valence electrons. The summed E-state index contributed by atoms with van der Waals surface area (Å²) in [5, 5.41) is 4.28. The minimum absolute atomic E-state index is 0.130. The van der Waals surface area contributed by atoms with E-state index in [1.807, 2.05) is 41.5 Å². The lowest BCUT2D eigenvalue weighted by molar-refractivity contribution is -0.128. The zero-order valence-electron chi connectivity index (χ0n) is 17.7. The molecule has 2 fully saturated rings. The highest BCUT2D eigenvalue weighted by molar-refractivity contribution is 6.05. The van der Waals surface area contributed by atoms with E-state index in [9.17, 15) is 14.4 Å². The molecule has 3 heterocycles. The maximum Gasteiger partial charge on any atom is 0.327 e. The predicted molar refractivity (Wildman–Crippen MR) is 105 cm³/mol. The summed E-state index contributed by atoms with van der Waals surface area (Å²) in [7, 11) is 0. The molecule has 0 spiro atoms. The summed E-state index contributed by atoms with van der Waals surface area (Å²) in [6, 6.07) is -0.848. The molecular formula is C20H31N5O3. The maximum absolute atomic E-state index is 13.3. The summed E-state index contributed by atoms with van der Waals surface area (Å²) >= 11 is 0. The van der Waals surface area contributed by atoms with Crippen molar-refractivity contribution < 1.29 is 14.4 Å². The number of amides is 4. The number of aryl methyl sites for hydroxylation is 1. The van der Waals surface area contributed by atoms with Crippen LogP contribution in [0.4, 0.5) is 4.79 Å². The van der Waals surface area contributed by atoms with Crippen molar-refractivity contribution in [2.45, 2.75) is 54.1 Å². The SMILES string of the molecule is CCn1ncc(C(=O)N2CC3C(=O)N(CC(C)C)C(=O)N3CC(C)(C)C2)c1C. The van der Waals surface area contributed by atoms with Crippen LogP contribution in [0.2, 0.25) is 0 Å². The van der Waals surface area contributed by atoms with Crippen LogP contribution in [0.15, 0.2) is 6.20 Å². The molecule has 1 unspecified atom stereocenters. The number of carbonyl (C=O) groups is 3. The Morgan fingerprint density at radius 2 is 1.96 bits per heavy atom. The number of nitrogens with zero attached hydrogens (tertiary/aromatic N) is 5. The Morgan fingerprint density at radius 1 is 1.29 bits per heavy atom. The Morgan fingerprint density at radius 3 is 2.54 bits per heavy atom. The molecule has 1 atom stereocenters. The van der Waals surface area contributed by atoms with E-state index in [0.29, 0.717) is 31.7 Å². The van der Waals surface area contributed by atoms with Crippen LogP contribution in [0, 0.1) is 18.3 Å². The van der Waals surface area contributed by atoms with Gasteiger partial charge in [-0.3, -0.25) is 19.2 Å². The highest BCUT2D eigenvalue weighted by Gasteiger charge is 2.50. The Hall–Kier alpha value is -2.38. The van der Waals surface area contributed by atoms with Crippen LogP contribution in [-0.2, 0) is 11.3 Å². The fourth-order valence-corrected chi connectivity index (χ4v) is 4.18. The summed E-state index contributed by atoms with van der Waals surface area (Å²) in [5.74, 6) is -0.130. The normalized spacial score (nSPS) is 22.1. The van der Waals surface area contributed by atoms with Gasteiger partial charge in [0.2, 0.25) is 0 Å². The minimum atomic E-state index is -0.612. The topological polar surface area (TPSA) is 78.8 Å². The van der Waals surface area contributed by atoms with Crippen LogP contribution < -0.4 is 0 Å². The molecule has 0 N–H and O–H groups in total. The number of urea groups is 1. The molecule has 2 saturated heterocycles. The van der Waals surface area contributed by atoms with Crippen LogP contribution in [-0.4, -0.2) is 74.5 Å². The van der Waals surface area contributed by atoms with Gasteiger partial charge in [-0.2, -0.15) is 5.10 Å². The summed E-state index contributed by atoms with van der Waals surface area (Å²) in [4.78, 5) is 43.9. The molecule has 1 aromatic rings. The number of rotatable bonds is 4. The van der Waals surface area contributed by atoms with E-state index >= 15 is 0 Å². The van der Waals surface area contributed by atoms with E-state index in [4.69, 9.17) is 0 Å². The third-order valence-corrected chi connectivity index (χ3v) is 5.48. The molecule has 4 amide bonds. The Balaban J connectivity index is 1.91. The minimum Gasteiger partial charge on any atom is -0.335 e. The van der Waals surface area contributed by atoms with E-state index in [-0.39, 0.29) is 35.7 Å². The summed E-state index contributed by atoms with van der Waals surface area (Å²) in [6.45, 7) is 14.1. The van der Waals surface area contributed by atoms with Crippen molar-refractivity contribution in [2.75, 3.05) is 26.2 Å². The average Bonchev–Trinajstić information content (AvgIpc) is 3.01. The highest BCUT2D eigenvalue weighted by atomic mass is 16.2. The number of aromatic nitrogens is 2. The fourth-order valence-electron chi connectivity index (χ4n) is 4.18. The molecule has 8 nitrogen and oxygen atoms in total. The van der Waals surface area contributed by atoms with E-state index in [1.54, 1.807) is 20.7 Å². The lowest BCUT2D eigenvalue weighted by Crippen LogP contribution is -2.44. The van der Waals surface area contributed by atoms with Crippen molar-refractivity contribution in [3.8, 4) is 0 Å². The molecule has 3 rings (SSSR count). The lowest BCUT2D eigenvalue weighted by Gasteiger charge is -2.30. The highest BCUT2D eigenvalue weighted by Crippen LogP contribution is 2.31. The molecule has 8 heteroatoms. The molecule has 1 aromatic heterocycles. The number of hydrogen-bond acceptors (Lipinski definition) is 4. The third-order valence-electron chi connectivity index (χ3n) is 5.48. The molecule has 0 aromatic carbocycles. The smallest absolute Gasteiger partial charge is 0.327 e. The molecule has 0 saturated carbocycles. The maximum atomic E-state index is 13.3. The number of imide groups is 1. The predicted octanol–water partition coefficient (Wildman–Crippen LogP) is 1.98. The van der Waals surface area contributed by atoms with Crippen molar-refractivity contribution in [3.63, 3.8) is 0 Å². The van der Waals surface area contributed by atoms with Crippen LogP contribution in [0.1, 0.15) is 50.7 Å². The van der Waals surface area contributed by atoms with Crippen LogP contribution >= 0.6 is 0 Å². The average molecular weight is 390 g/mol. The fraction of sp³-hybridized carbons (Fsp3) is 0.700. The Labute approximate surface area is 166 Å². The van der Waals surface area contributed by atoms with Gasteiger partial charge in [0.1, 0.15) is 6.04 Å². The molecule has 2 aliphatic heterocycles. The van der Waals surface area contributed by atoms with E-state index in [1.165, 1.54) is 4.90 Å². The van der Waals surface area contributed by atoms with Crippen molar-refractivity contribution in [1.82, 2.24) is 24.5 Å². The molecule has 2 aliphatic rings. The Kier molecular flexibility index (Phi) is 5.25. The van der Waals surface area contributed by atoms with Gasteiger partial charge in [-0.1, -0.05) is 27.7 Å². The quantitative estimate of drug-likeness (QED) is 0.738. The standard InChI is InChI=1S/C20H31N5O3/c1-7-25-14(4)15(8-21-25)17(26)22-10-16-18(27)23(9-13(2)3)19(28)24(16)12-20(5,6)11-22/h8,13,16H,7,9-12H2,1-6H3. The molecule has 0 aliphatic carbocycles. The Bertz CT molecular complexity index is 798. The lowest BCUT2D eigenvalue weighted by atomic mass is 9.92. The van der Waals surface area contributed by atoms with Gasteiger partial charge in [0, 0.05) is 37.3 Å². The largest absolute Gasteiger partial charge is 0.335 e. The molecule has 0 bridgehead atoms. The monoisotopic (exact) mass is 389 g/mol. The first-order valence-electron chi connectivity index (χ1n) is 9.99. The van der Waals surface area contributed by atoms with Gasteiger partial charge in [-0.15, -0.1) is 0 Å². The van der Waals surface area contributed by atoms with Gasteiger partial charge in [0.15, 0.2) is 0 Å². The van der Waals surface area contributed by atoms with Crippen molar-refractivity contribution in [3.05, 3.63) is 17.5 Å². The van der Waals surface area contributed by atoms with Gasteiger partial charge in [0.05, 0.1) is 18.3 Å². The first-order chi connectivity index (χ1) is 13.1. The third kappa shape index (κ3) is 3.52. The van der Waals surface area contributed by atoms with Crippen molar-refractivity contribution in [2.24, 2.45) is 11.3 Å². The zero-order chi connectivity index (χ0) is 20.8. The molecular weight excluding hydrogens is 358 g/mol. The summed E-state index contributed by atoms with van der Waals surface area (Å²) < 4.78 is 1.79. The van der Waals surface area contributed by atoms with Crippen molar-refractivity contribution >= 4 is 17.8 Å². The van der Waals surface area contributed by atoms with Crippen LogP contribution in [0.5, 0.6) is 0 Å². The van der Waals surface area contributed by atoms with E-state index in [0.717, 1.165) is 5.69 Å². The second-order valence-electron chi connectivity index (χ2n) is 9.08. The second kappa shape index (κ2) is 7.22. The van der Waals surface area contributed by atoms with Crippen LogP contribution in [0.25, 0.3) is 0 Å². The van der Waals surface area contributed by atoms with Gasteiger partial charge in [-0.05, 0) is 19.8 Å². The van der Waals surface area contributed by atoms with E-state index in [2.05, 4.69) is 5.10 Å². The first-order valence-corrected chi connectivity index (χ1v) is 9.99. The molecule has 28 heavy (non-hydrogen) atoms.